The molecule has 17 heavy (non-hydrogen) atoms. The van der Waals surface area contributed by atoms with Gasteiger partial charge in [0.1, 0.15) is 0 Å². The summed E-state index contributed by atoms with van der Waals surface area (Å²) in [5.41, 5.74) is 2.43. The van der Waals surface area contributed by atoms with Crippen LogP contribution in [-0.4, -0.2) is 20.6 Å². The Labute approximate surface area is 110 Å². The molecule has 96 valence electrons. The fraction of sp³-hybridized carbons (Fsp3) is 0.571. The fourth-order valence-corrected chi connectivity index (χ4v) is 2.37. The van der Waals surface area contributed by atoms with Crippen molar-refractivity contribution in [2.45, 2.75) is 32.7 Å². The molecule has 0 radical (unpaired) electrons. The van der Waals surface area contributed by atoms with E-state index in [9.17, 15) is 0 Å². The van der Waals surface area contributed by atoms with Gasteiger partial charge in [-0.05, 0) is 25.1 Å². The summed E-state index contributed by atoms with van der Waals surface area (Å²) >= 11 is 6.30. The molecule has 1 aromatic carbocycles. The highest BCUT2D eigenvalue weighted by Crippen LogP contribution is 2.29. The lowest BCUT2D eigenvalue weighted by molar-refractivity contribution is 0.701. The molecular formula is C14H23ClN2. The van der Waals surface area contributed by atoms with Gasteiger partial charge in [0.25, 0.3) is 0 Å². The van der Waals surface area contributed by atoms with Crippen molar-refractivity contribution in [3.63, 3.8) is 0 Å². The first-order valence-electron chi connectivity index (χ1n) is 6.33. The number of halogens is 1. The lowest BCUT2D eigenvalue weighted by Crippen LogP contribution is -2.21. The van der Waals surface area contributed by atoms with Crippen molar-refractivity contribution in [1.82, 2.24) is 5.32 Å². The Morgan fingerprint density at radius 2 is 2.06 bits per heavy atom. The van der Waals surface area contributed by atoms with Crippen LogP contribution in [0.4, 0.5) is 5.69 Å². The molecule has 0 aliphatic heterocycles. The van der Waals surface area contributed by atoms with Gasteiger partial charge < -0.3 is 10.2 Å². The van der Waals surface area contributed by atoms with Crippen molar-refractivity contribution in [2.75, 3.05) is 25.5 Å². The molecule has 0 unspecified atom stereocenters. The number of para-hydroxylation sites is 1. The average molecular weight is 255 g/mol. The second-order valence-electron chi connectivity index (χ2n) is 4.41. The lowest BCUT2D eigenvalue weighted by Gasteiger charge is -2.23. The van der Waals surface area contributed by atoms with Crippen LogP contribution in [0.1, 0.15) is 31.7 Å². The van der Waals surface area contributed by atoms with Crippen LogP contribution in [0.25, 0.3) is 0 Å². The van der Waals surface area contributed by atoms with E-state index in [0.29, 0.717) is 0 Å². The molecule has 1 aromatic rings. The number of nitrogens with one attached hydrogen (secondary N) is 1. The summed E-state index contributed by atoms with van der Waals surface area (Å²) in [4.78, 5) is 2.27. The minimum atomic E-state index is 0.844. The molecule has 0 saturated heterocycles. The van der Waals surface area contributed by atoms with E-state index in [4.69, 9.17) is 11.6 Å². The normalized spacial score (nSPS) is 10.6. The van der Waals surface area contributed by atoms with E-state index in [0.717, 1.165) is 18.1 Å². The Kier molecular flexibility index (Phi) is 6.38. The van der Waals surface area contributed by atoms with Crippen LogP contribution in [0.3, 0.4) is 0 Å². The predicted molar refractivity (Wildman–Crippen MR) is 77.0 cm³/mol. The van der Waals surface area contributed by atoms with E-state index < -0.39 is 0 Å². The van der Waals surface area contributed by atoms with E-state index >= 15 is 0 Å². The van der Waals surface area contributed by atoms with Crippen LogP contribution in [0, 0.1) is 0 Å². The molecule has 2 nitrogen and oxygen atoms in total. The smallest absolute Gasteiger partial charge is 0.0642 e. The summed E-state index contributed by atoms with van der Waals surface area (Å²) in [5.74, 6) is 0. The van der Waals surface area contributed by atoms with Gasteiger partial charge >= 0.3 is 0 Å². The van der Waals surface area contributed by atoms with Gasteiger partial charge in [0.2, 0.25) is 0 Å². The number of rotatable bonds is 7. The number of unbranched alkanes of at least 4 members (excludes halogenated alkanes) is 2. The maximum absolute atomic E-state index is 6.30. The van der Waals surface area contributed by atoms with Gasteiger partial charge in [-0.15, -0.1) is 0 Å². The third-order valence-electron chi connectivity index (χ3n) is 2.92. The highest BCUT2D eigenvalue weighted by atomic mass is 35.5. The molecule has 0 amide bonds. The van der Waals surface area contributed by atoms with Crippen LogP contribution < -0.4 is 10.2 Å². The Hall–Kier alpha value is -0.730. The SMILES string of the molecule is CCCCCN(C)c1c(Cl)cccc1CNC. The van der Waals surface area contributed by atoms with Crippen LogP contribution in [-0.2, 0) is 6.54 Å². The molecule has 0 heterocycles. The highest BCUT2D eigenvalue weighted by Gasteiger charge is 2.10. The van der Waals surface area contributed by atoms with Crippen molar-refractivity contribution in [3.05, 3.63) is 28.8 Å². The number of hydrogen-bond acceptors (Lipinski definition) is 2. The molecule has 0 aliphatic rings. The summed E-state index contributed by atoms with van der Waals surface area (Å²) in [7, 11) is 4.08. The molecule has 0 bridgehead atoms. The molecule has 1 rings (SSSR count). The van der Waals surface area contributed by atoms with Gasteiger partial charge in [-0.1, -0.05) is 43.5 Å². The van der Waals surface area contributed by atoms with Crippen molar-refractivity contribution in [3.8, 4) is 0 Å². The summed E-state index contributed by atoms with van der Waals surface area (Å²) in [5, 5.41) is 4.03. The quantitative estimate of drug-likeness (QED) is 0.747. The standard InChI is InChI=1S/C14H23ClN2/c1-4-5-6-10-17(3)14-12(11-16-2)8-7-9-13(14)15/h7-9,16H,4-6,10-11H2,1-3H3. The zero-order valence-electron chi connectivity index (χ0n) is 11.1. The van der Waals surface area contributed by atoms with E-state index in [1.54, 1.807) is 0 Å². The van der Waals surface area contributed by atoms with Crippen LogP contribution in [0.15, 0.2) is 18.2 Å². The van der Waals surface area contributed by atoms with Gasteiger partial charge in [-0.2, -0.15) is 0 Å². The maximum Gasteiger partial charge on any atom is 0.0642 e. The first kappa shape index (κ1) is 14.3. The fourth-order valence-electron chi connectivity index (χ4n) is 2.03. The Morgan fingerprint density at radius 3 is 2.71 bits per heavy atom. The molecule has 0 aromatic heterocycles. The van der Waals surface area contributed by atoms with Crippen LogP contribution in [0.2, 0.25) is 5.02 Å². The minimum Gasteiger partial charge on any atom is -0.373 e. The lowest BCUT2D eigenvalue weighted by atomic mass is 10.1. The van der Waals surface area contributed by atoms with E-state index in [-0.39, 0.29) is 0 Å². The van der Waals surface area contributed by atoms with E-state index in [2.05, 4.69) is 30.3 Å². The molecular weight excluding hydrogens is 232 g/mol. The summed E-state index contributed by atoms with van der Waals surface area (Å²) in [6, 6.07) is 6.11. The van der Waals surface area contributed by atoms with Crippen molar-refractivity contribution in [2.24, 2.45) is 0 Å². The molecule has 1 N–H and O–H groups in total. The number of benzene rings is 1. The first-order valence-corrected chi connectivity index (χ1v) is 6.71. The van der Waals surface area contributed by atoms with Crippen molar-refractivity contribution < 1.29 is 0 Å². The number of hydrogen-bond donors (Lipinski definition) is 1. The molecule has 0 aliphatic carbocycles. The first-order chi connectivity index (χ1) is 8.20. The second kappa shape index (κ2) is 7.57. The van der Waals surface area contributed by atoms with E-state index in [1.165, 1.54) is 30.5 Å². The Morgan fingerprint density at radius 1 is 1.29 bits per heavy atom. The highest BCUT2D eigenvalue weighted by molar-refractivity contribution is 6.33. The van der Waals surface area contributed by atoms with Gasteiger partial charge in [0, 0.05) is 20.1 Å². The predicted octanol–water partition coefficient (Wildman–Crippen LogP) is 3.69. The molecule has 0 spiro atoms. The zero-order chi connectivity index (χ0) is 12.7. The average Bonchev–Trinajstić information content (AvgIpc) is 2.30. The Bertz CT molecular complexity index is 339. The molecule has 3 heteroatoms. The monoisotopic (exact) mass is 254 g/mol. The zero-order valence-corrected chi connectivity index (χ0v) is 11.8. The second-order valence-corrected chi connectivity index (χ2v) is 4.81. The number of nitrogens with zero attached hydrogens (tertiary/aromatic N) is 1. The molecule has 0 fully saturated rings. The largest absolute Gasteiger partial charge is 0.373 e. The Balaban J connectivity index is 2.78. The molecule has 0 saturated carbocycles. The van der Waals surface area contributed by atoms with E-state index in [1.807, 2.05) is 19.2 Å². The van der Waals surface area contributed by atoms with Crippen molar-refractivity contribution >= 4 is 17.3 Å². The topological polar surface area (TPSA) is 15.3 Å². The summed E-state index contributed by atoms with van der Waals surface area (Å²) in [6.07, 6.45) is 3.74. The third-order valence-corrected chi connectivity index (χ3v) is 3.22. The molecule has 0 atom stereocenters. The maximum atomic E-state index is 6.30. The minimum absolute atomic E-state index is 0.844. The third kappa shape index (κ3) is 4.21. The van der Waals surface area contributed by atoms with Crippen LogP contribution in [0.5, 0.6) is 0 Å². The summed E-state index contributed by atoms with van der Waals surface area (Å²) < 4.78 is 0. The van der Waals surface area contributed by atoms with Gasteiger partial charge in [-0.3, -0.25) is 0 Å². The van der Waals surface area contributed by atoms with Gasteiger partial charge in [-0.25, -0.2) is 0 Å². The summed E-state index contributed by atoms with van der Waals surface area (Å²) in [6.45, 7) is 4.14. The van der Waals surface area contributed by atoms with Crippen molar-refractivity contribution in [1.29, 1.82) is 0 Å². The number of anilines is 1. The van der Waals surface area contributed by atoms with Gasteiger partial charge in [0.05, 0.1) is 10.7 Å². The van der Waals surface area contributed by atoms with Gasteiger partial charge in [0.15, 0.2) is 0 Å². The van der Waals surface area contributed by atoms with Crippen LogP contribution >= 0.6 is 11.6 Å².